The van der Waals surface area contributed by atoms with Crippen LogP contribution in [-0.2, 0) is 0 Å². The number of hydrogen-bond acceptors (Lipinski definition) is 3. The van der Waals surface area contributed by atoms with Gasteiger partial charge in [0.25, 0.3) is 0 Å². The minimum absolute atomic E-state index is 0.00746. The Morgan fingerprint density at radius 1 is 1.25 bits per heavy atom. The normalized spacial score (nSPS) is 19.2. The molecule has 1 fully saturated rings. The first kappa shape index (κ1) is 15.3. The van der Waals surface area contributed by atoms with Crippen LogP contribution in [0.2, 0.25) is 0 Å². The summed E-state index contributed by atoms with van der Waals surface area (Å²) in [7, 11) is 4.31. The van der Waals surface area contributed by atoms with E-state index in [0.29, 0.717) is 0 Å². The zero-order valence-electron chi connectivity index (χ0n) is 13.1. The zero-order chi connectivity index (χ0) is 14.6. The maximum Gasteiger partial charge on any atom is 0.124 e. The van der Waals surface area contributed by atoms with Crippen LogP contribution < -0.4 is 10.5 Å². The molecule has 112 valence electrons. The Morgan fingerprint density at radius 3 is 2.50 bits per heavy atom. The molecule has 1 unspecified atom stereocenters. The number of rotatable bonds is 6. The van der Waals surface area contributed by atoms with Gasteiger partial charge in [-0.25, -0.2) is 0 Å². The van der Waals surface area contributed by atoms with E-state index in [9.17, 15) is 0 Å². The summed E-state index contributed by atoms with van der Waals surface area (Å²) in [5.41, 5.74) is 7.91. The largest absolute Gasteiger partial charge is 0.493 e. The van der Waals surface area contributed by atoms with Crippen LogP contribution in [0.4, 0.5) is 0 Å². The molecule has 1 aliphatic rings. The molecule has 3 nitrogen and oxygen atoms in total. The number of likely N-dealkylation sites (N-methyl/N-ethyl adjacent to an activating group) is 1. The van der Waals surface area contributed by atoms with E-state index in [2.05, 4.69) is 38.1 Å². The number of ether oxygens (including phenoxy) is 1. The summed E-state index contributed by atoms with van der Waals surface area (Å²) in [5.74, 6) is 0.954. The molecule has 1 aliphatic carbocycles. The van der Waals surface area contributed by atoms with Crippen molar-refractivity contribution in [2.75, 3.05) is 20.7 Å². The fraction of sp³-hybridized carbons (Fsp3) is 0.647. The Hall–Kier alpha value is -1.06. The lowest BCUT2D eigenvalue weighted by atomic mass is 9.82. The number of para-hydroxylation sites is 1. The average molecular weight is 276 g/mol. The number of nitrogens with two attached hydrogens (primary N) is 1. The molecular weight excluding hydrogens is 248 g/mol. The highest BCUT2D eigenvalue weighted by Crippen LogP contribution is 2.44. The summed E-state index contributed by atoms with van der Waals surface area (Å²) in [4.78, 5) is 2.32. The van der Waals surface area contributed by atoms with Crippen molar-refractivity contribution in [3.05, 3.63) is 29.8 Å². The number of nitrogens with zero attached hydrogens (tertiary/aromatic N) is 1. The molecule has 1 saturated carbocycles. The van der Waals surface area contributed by atoms with Crippen molar-refractivity contribution in [1.82, 2.24) is 4.90 Å². The summed E-state index contributed by atoms with van der Waals surface area (Å²) in [5, 5.41) is 0. The van der Waals surface area contributed by atoms with Gasteiger partial charge in [0.2, 0.25) is 0 Å². The third-order valence-corrected chi connectivity index (χ3v) is 4.65. The van der Waals surface area contributed by atoms with E-state index in [1.165, 1.54) is 25.7 Å². The lowest BCUT2D eigenvalue weighted by molar-refractivity contribution is 0.121. The van der Waals surface area contributed by atoms with E-state index < -0.39 is 0 Å². The minimum Gasteiger partial charge on any atom is -0.493 e. The smallest absolute Gasteiger partial charge is 0.124 e. The molecule has 1 atom stereocenters. The molecule has 0 saturated heterocycles. The molecule has 0 spiro atoms. The summed E-state index contributed by atoms with van der Waals surface area (Å²) in [6.07, 6.45) is 5.89. The van der Waals surface area contributed by atoms with Crippen LogP contribution in [-0.4, -0.2) is 31.1 Å². The Kier molecular flexibility index (Phi) is 5.06. The molecule has 20 heavy (non-hydrogen) atoms. The van der Waals surface area contributed by atoms with E-state index in [4.69, 9.17) is 10.5 Å². The second-order valence-electron chi connectivity index (χ2n) is 6.07. The van der Waals surface area contributed by atoms with Crippen LogP contribution in [0.15, 0.2) is 24.3 Å². The second-order valence-corrected chi connectivity index (χ2v) is 6.07. The average Bonchev–Trinajstić information content (AvgIpc) is 2.95. The van der Waals surface area contributed by atoms with Gasteiger partial charge in [-0.15, -0.1) is 0 Å². The SMILES string of the molecule is CCCOc1ccccc1C(N)C1(N(C)C)CCCC1. The summed E-state index contributed by atoms with van der Waals surface area (Å²) >= 11 is 0. The Bertz CT molecular complexity index is 425. The fourth-order valence-corrected chi connectivity index (χ4v) is 3.39. The first-order chi connectivity index (χ1) is 9.62. The highest BCUT2D eigenvalue weighted by atomic mass is 16.5. The zero-order valence-corrected chi connectivity index (χ0v) is 13.1. The van der Waals surface area contributed by atoms with E-state index in [1.54, 1.807) is 0 Å². The van der Waals surface area contributed by atoms with Crippen LogP contribution in [0.25, 0.3) is 0 Å². The van der Waals surface area contributed by atoms with Crippen LogP contribution in [0, 0.1) is 0 Å². The molecule has 0 radical (unpaired) electrons. The van der Waals surface area contributed by atoms with Gasteiger partial charge < -0.3 is 15.4 Å². The molecule has 2 N–H and O–H groups in total. The van der Waals surface area contributed by atoms with Gasteiger partial charge in [-0.05, 0) is 39.4 Å². The quantitative estimate of drug-likeness (QED) is 0.866. The lowest BCUT2D eigenvalue weighted by Crippen LogP contribution is -2.50. The predicted octanol–water partition coefficient (Wildman–Crippen LogP) is 3.35. The van der Waals surface area contributed by atoms with Crippen LogP contribution in [0.1, 0.15) is 50.6 Å². The van der Waals surface area contributed by atoms with Gasteiger partial charge in [-0.1, -0.05) is 38.0 Å². The van der Waals surface area contributed by atoms with Crippen LogP contribution >= 0.6 is 0 Å². The second kappa shape index (κ2) is 6.59. The molecule has 0 heterocycles. The monoisotopic (exact) mass is 276 g/mol. The van der Waals surface area contributed by atoms with Crippen LogP contribution in [0.3, 0.4) is 0 Å². The third-order valence-electron chi connectivity index (χ3n) is 4.65. The van der Waals surface area contributed by atoms with Crippen molar-refractivity contribution in [1.29, 1.82) is 0 Å². The standard InChI is InChI=1S/C17H28N2O/c1-4-13-20-15-10-6-5-9-14(15)16(18)17(19(2)3)11-7-8-12-17/h5-6,9-10,16H,4,7-8,11-13,18H2,1-3H3. The molecule has 0 bridgehead atoms. The molecule has 0 aromatic heterocycles. The lowest BCUT2D eigenvalue weighted by Gasteiger charge is -2.42. The first-order valence-electron chi connectivity index (χ1n) is 7.76. The highest BCUT2D eigenvalue weighted by molar-refractivity contribution is 5.38. The van der Waals surface area contributed by atoms with Crippen molar-refractivity contribution in [3.63, 3.8) is 0 Å². The molecule has 0 aliphatic heterocycles. The summed E-state index contributed by atoms with van der Waals surface area (Å²) in [6.45, 7) is 2.87. The third kappa shape index (κ3) is 2.84. The van der Waals surface area contributed by atoms with E-state index in [0.717, 1.165) is 24.3 Å². The van der Waals surface area contributed by atoms with Crippen molar-refractivity contribution >= 4 is 0 Å². The van der Waals surface area contributed by atoms with Gasteiger partial charge in [-0.2, -0.15) is 0 Å². The predicted molar refractivity (Wildman–Crippen MR) is 84.0 cm³/mol. The van der Waals surface area contributed by atoms with Crippen molar-refractivity contribution < 1.29 is 4.74 Å². The van der Waals surface area contributed by atoms with Gasteiger partial charge in [0.05, 0.1) is 12.6 Å². The Balaban J connectivity index is 2.29. The minimum atomic E-state index is 0.00746. The highest BCUT2D eigenvalue weighted by Gasteiger charge is 2.42. The molecule has 0 amide bonds. The summed E-state index contributed by atoms with van der Waals surface area (Å²) in [6, 6.07) is 8.26. The van der Waals surface area contributed by atoms with E-state index in [-0.39, 0.29) is 11.6 Å². The van der Waals surface area contributed by atoms with Gasteiger partial charge >= 0.3 is 0 Å². The summed E-state index contributed by atoms with van der Waals surface area (Å²) < 4.78 is 5.89. The molecule has 3 heteroatoms. The van der Waals surface area contributed by atoms with Gasteiger partial charge in [0, 0.05) is 11.1 Å². The van der Waals surface area contributed by atoms with Crippen molar-refractivity contribution in [2.24, 2.45) is 5.73 Å². The van der Waals surface area contributed by atoms with E-state index >= 15 is 0 Å². The number of benzene rings is 1. The Morgan fingerprint density at radius 2 is 1.90 bits per heavy atom. The van der Waals surface area contributed by atoms with Gasteiger partial charge in [0.15, 0.2) is 0 Å². The van der Waals surface area contributed by atoms with Crippen LogP contribution in [0.5, 0.6) is 5.75 Å². The molecule has 1 aromatic rings. The first-order valence-corrected chi connectivity index (χ1v) is 7.76. The molecule has 2 rings (SSSR count). The van der Waals surface area contributed by atoms with Crippen molar-refractivity contribution in [2.45, 2.75) is 50.6 Å². The van der Waals surface area contributed by atoms with E-state index in [1.807, 2.05) is 12.1 Å². The molecular formula is C17H28N2O. The van der Waals surface area contributed by atoms with Crippen molar-refractivity contribution in [3.8, 4) is 5.75 Å². The maximum atomic E-state index is 6.69. The van der Waals surface area contributed by atoms with Gasteiger partial charge in [0.1, 0.15) is 5.75 Å². The maximum absolute atomic E-state index is 6.69. The Labute approximate surface area is 123 Å². The topological polar surface area (TPSA) is 38.5 Å². The van der Waals surface area contributed by atoms with Gasteiger partial charge in [-0.3, -0.25) is 0 Å². The number of hydrogen-bond donors (Lipinski definition) is 1. The fourth-order valence-electron chi connectivity index (χ4n) is 3.39. The molecule has 1 aromatic carbocycles.